The first-order valence-electron chi connectivity index (χ1n) is 16.2. The summed E-state index contributed by atoms with van der Waals surface area (Å²) in [7, 11) is 1.96. The van der Waals surface area contributed by atoms with Crippen molar-refractivity contribution >= 4 is 45.1 Å². The molecule has 0 amide bonds. The number of hydrogen-bond donors (Lipinski definition) is 0. The third kappa shape index (κ3) is 3.56. The molecule has 0 fully saturated rings. The van der Waals surface area contributed by atoms with Crippen molar-refractivity contribution in [3.05, 3.63) is 180 Å². The number of fused-ring (bicyclic) bond motifs is 7. The molecule has 0 saturated carbocycles. The first-order valence-corrected chi connectivity index (χ1v) is 16.2. The van der Waals surface area contributed by atoms with E-state index in [0.29, 0.717) is 0 Å². The Morgan fingerprint density at radius 2 is 1.21 bits per heavy atom. The molecule has 2 aromatic heterocycles. The number of para-hydroxylation sites is 2. The first kappa shape index (κ1) is 26.8. The lowest BCUT2D eigenvalue weighted by molar-refractivity contribution is -0.398. The van der Waals surface area contributed by atoms with E-state index < -0.39 is 5.41 Å². The molecule has 2 aliphatic rings. The lowest BCUT2D eigenvalue weighted by Crippen LogP contribution is -2.28. The predicted octanol–water partition coefficient (Wildman–Crippen LogP) is 9.23. The molecule has 5 nitrogen and oxygen atoms in total. The van der Waals surface area contributed by atoms with E-state index in [1.165, 1.54) is 55.2 Å². The van der Waals surface area contributed by atoms with E-state index in [1.54, 1.807) is 12.4 Å². The molecule has 48 heavy (non-hydrogen) atoms. The first-order chi connectivity index (χ1) is 23.7. The van der Waals surface area contributed by atoms with Gasteiger partial charge < -0.3 is 4.57 Å². The molecule has 0 N–H and O–H groups in total. The van der Waals surface area contributed by atoms with Crippen molar-refractivity contribution in [2.24, 2.45) is 0 Å². The molecule has 0 unspecified atom stereocenters. The van der Waals surface area contributed by atoms with E-state index in [0.717, 1.165) is 23.0 Å². The van der Waals surface area contributed by atoms with Gasteiger partial charge in [0.25, 0.3) is 0 Å². The molecule has 10 rings (SSSR count). The molecule has 0 saturated heterocycles. The Hall–Kier alpha value is -6.42. The molecule has 224 valence electrons. The van der Waals surface area contributed by atoms with E-state index in [2.05, 4.69) is 166 Å². The van der Waals surface area contributed by atoms with Crippen LogP contribution in [0.3, 0.4) is 0 Å². The summed E-state index contributed by atoms with van der Waals surface area (Å²) in [5.74, 6) is 1.56. The Bertz CT molecular complexity index is 2630. The molecule has 6 aromatic carbocycles. The summed E-state index contributed by atoms with van der Waals surface area (Å²) < 4.78 is 6.30. The van der Waals surface area contributed by atoms with Crippen LogP contribution in [0.25, 0.3) is 38.6 Å². The zero-order valence-electron chi connectivity index (χ0n) is 26.2. The highest BCUT2D eigenvalue weighted by Gasteiger charge is 2.47. The maximum Gasteiger partial charge on any atom is 0.474 e. The minimum Gasteiger partial charge on any atom is -0.309 e. The molecule has 5 heteroatoms. The molecule has 3 heterocycles. The van der Waals surface area contributed by atoms with Gasteiger partial charge in [0.15, 0.2) is 11.9 Å². The maximum absolute atomic E-state index is 4.69. The zero-order valence-corrected chi connectivity index (χ0v) is 26.2. The molecule has 0 radical (unpaired) electrons. The number of hydrogen-bond acceptors (Lipinski definition) is 2. The fraction of sp³-hybridized carbons (Fsp3) is 0.0465. The van der Waals surface area contributed by atoms with E-state index in [9.17, 15) is 0 Å². The molecule has 1 aliphatic carbocycles. The maximum atomic E-state index is 4.69. The van der Waals surface area contributed by atoms with Gasteiger partial charge in [-0.25, -0.2) is 0 Å². The SMILES string of the molecule is C[N+]1=C=[N+](c2cccc(C3(c4ccc5c(c4)c4ccccc4n5-c4ccccc4)c4ccccc4-c4ccccc43)c2)c2nccnc21. The molecule has 1 aliphatic heterocycles. The number of nitrogens with zero attached hydrogens (tertiary/aromatic N) is 5. The van der Waals surface area contributed by atoms with Crippen molar-refractivity contribution in [3.8, 4) is 16.8 Å². The number of aromatic nitrogens is 3. The van der Waals surface area contributed by atoms with Crippen LogP contribution < -0.4 is 4.58 Å². The Labute approximate surface area is 277 Å². The minimum absolute atomic E-state index is 0.565. The fourth-order valence-electron chi connectivity index (χ4n) is 8.11. The third-order valence-corrected chi connectivity index (χ3v) is 10.0. The van der Waals surface area contributed by atoms with Crippen molar-refractivity contribution in [2.75, 3.05) is 7.05 Å². The average molecular weight is 616 g/mol. The average Bonchev–Trinajstić information content (AvgIpc) is 3.78. The van der Waals surface area contributed by atoms with Crippen LogP contribution in [0.15, 0.2) is 158 Å². The van der Waals surface area contributed by atoms with Gasteiger partial charge >= 0.3 is 17.6 Å². The van der Waals surface area contributed by atoms with Gasteiger partial charge in [-0.3, -0.25) is 0 Å². The van der Waals surface area contributed by atoms with Gasteiger partial charge in [0, 0.05) is 21.4 Å². The van der Waals surface area contributed by atoms with Gasteiger partial charge in [0.05, 0.1) is 22.6 Å². The summed E-state index contributed by atoms with van der Waals surface area (Å²) in [6.07, 6.45) is 3.46. The summed E-state index contributed by atoms with van der Waals surface area (Å²) >= 11 is 0. The molecule has 0 spiro atoms. The molecule has 8 aromatic rings. The Morgan fingerprint density at radius 3 is 2.00 bits per heavy atom. The Balaban J connectivity index is 1.29. The number of rotatable bonds is 4. The second-order valence-electron chi connectivity index (χ2n) is 12.5. The van der Waals surface area contributed by atoms with Crippen molar-refractivity contribution in [1.82, 2.24) is 19.1 Å². The fourth-order valence-corrected chi connectivity index (χ4v) is 8.11. The Kier molecular flexibility index (Phi) is 5.60. The smallest absolute Gasteiger partial charge is 0.309 e. The Morgan fingerprint density at radius 1 is 0.562 bits per heavy atom. The molecular formula is C43H29N5+2. The molecular weight excluding hydrogens is 587 g/mol. The normalized spacial score (nSPS) is 14.0. The predicted molar refractivity (Wildman–Crippen MR) is 192 cm³/mol. The third-order valence-electron chi connectivity index (χ3n) is 10.0. The lowest BCUT2D eigenvalue weighted by atomic mass is 9.67. The van der Waals surface area contributed by atoms with Gasteiger partial charge in [-0.2, -0.15) is 4.98 Å². The zero-order chi connectivity index (χ0) is 31.8. The second kappa shape index (κ2) is 10.0. The summed E-state index contributed by atoms with van der Waals surface area (Å²) in [6.45, 7) is 0. The van der Waals surface area contributed by atoms with E-state index >= 15 is 0 Å². The molecule has 0 atom stereocenters. The largest absolute Gasteiger partial charge is 0.474 e. The second-order valence-corrected chi connectivity index (χ2v) is 12.5. The van der Waals surface area contributed by atoms with Gasteiger partial charge in [-0.1, -0.05) is 108 Å². The van der Waals surface area contributed by atoms with Crippen molar-refractivity contribution in [1.29, 1.82) is 0 Å². The monoisotopic (exact) mass is 615 g/mol. The van der Waals surface area contributed by atoms with E-state index in [-0.39, 0.29) is 0 Å². The van der Waals surface area contributed by atoms with E-state index in [1.807, 2.05) is 16.2 Å². The summed E-state index contributed by atoms with van der Waals surface area (Å²) in [4.78, 5) is 9.26. The van der Waals surface area contributed by atoms with Gasteiger partial charge in [-0.05, 0) is 75.8 Å². The van der Waals surface area contributed by atoms with Gasteiger partial charge in [-0.15, -0.1) is 4.58 Å². The standard InChI is InChI=1S/C43H29N5/c1-46-28-47(42-41(46)44-24-25-45-42)32-15-11-12-29(26-32)43(37-19-8-5-16-33(37)34-17-6-9-20-38(34)43)30-22-23-40-36(27-30)35-18-7-10-21-39(35)48(40)31-13-3-2-4-14-31/h2-27H,1H3/q+2. The molecule has 0 bridgehead atoms. The summed E-state index contributed by atoms with van der Waals surface area (Å²) in [6, 6.07) is 56.6. The highest BCUT2D eigenvalue weighted by molar-refractivity contribution is 6.10. The van der Waals surface area contributed by atoms with Crippen molar-refractivity contribution in [2.45, 2.75) is 5.41 Å². The topological polar surface area (TPSA) is 36.7 Å². The lowest BCUT2D eigenvalue weighted by Gasteiger charge is -2.34. The van der Waals surface area contributed by atoms with Crippen LogP contribution in [0.2, 0.25) is 0 Å². The minimum atomic E-state index is -0.565. The van der Waals surface area contributed by atoms with Crippen LogP contribution in [0, 0.1) is 0 Å². The summed E-state index contributed by atoms with van der Waals surface area (Å²) in [5.41, 5.74) is 11.5. The van der Waals surface area contributed by atoms with Gasteiger partial charge in [0.1, 0.15) is 7.05 Å². The van der Waals surface area contributed by atoms with Crippen LogP contribution in [0.1, 0.15) is 22.3 Å². The quantitative estimate of drug-likeness (QED) is 0.185. The van der Waals surface area contributed by atoms with E-state index in [4.69, 9.17) is 0 Å². The van der Waals surface area contributed by atoms with Gasteiger partial charge in [0.2, 0.25) is 0 Å². The highest BCUT2D eigenvalue weighted by Crippen LogP contribution is 2.57. The number of benzene rings is 6. The van der Waals surface area contributed by atoms with Crippen LogP contribution in [0.5, 0.6) is 0 Å². The van der Waals surface area contributed by atoms with Crippen molar-refractivity contribution in [3.63, 3.8) is 0 Å². The summed E-state index contributed by atoms with van der Waals surface area (Å²) in [5, 5.41) is 2.47. The van der Waals surface area contributed by atoms with Crippen LogP contribution in [0.4, 0.5) is 17.3 Å². The highest BCUT2D eigenvalue weighted by atomic mass is 15.2. The van der Waals surface area contributed by atoms with Crippen LogP contribution in [-0.4, -0.2) is 32.2 Å². The van der Waals surface area contributed by atoms with Crippen LogP contribution >= 0.6 is 0 Å². The van der Waals surface area contributed by atoms with Crippen LogP contribution in [-0.2, 0) is 5.41 Å². The van der Waals surface area contributed by atoms with Crippen molar-refractivity contribution < 1.29 is 4.58 Å².